The highest BCUT2D eigenvalue weighted by Crippen LogP contribution is 2.59. The first kappa shape index (κ1) is 15.7. The summed E-state index contributed by atoms with van der Waals surface area (Å²) in [6, 6.07) is 0. The molecule has 0 unspecified atom stereocenters. The quantitative estimate of drug-likeness (QED) is 0.365. The van der Waals surface area contributed by atoms with Crippen LogP contribution in [0.5, 0.6) is 0 Å². The van der Waals surface area contributed by atoms with Gasteiger partial charge in [0.25, 0.3) is 0 Å². The van der Waals surface area contributed by atoms with Crippen molar-refractivity contribution < 1.29 is 17.8 Å². The maximum Gasteiger partial charge on any atom is 0.192 e. The van der Waals surface area contributed by atoms with Crippen molar-refractivity contribution in [2.75, 3.05) is 0 Å². The van der Waals surface area contributed by atoms with Gasteiger partial charge in [-0.2, -0.15) is 0 Å². The second-order valence-corrected chi connectivity index (χ2v) is 15.7. The van der Waals surface area contributed by atoms with Crippen LogP contribution >= 0.6 is 0 Å². The standard InChI is InChI=1S/C24H46O2Si/c1-18(12-10-16-23(5,6)25)19-14-15-20-21(13-11-17-24(19,20)7)26-27(8,9)22(2,3)4/h19-21,25H,1,10-17H2,2-9H3/t19-,20+,21+,24-/m1/s1/i5D3,6D3. The van der Waals surface area contributed by atoms with E-state index in [4.69, 9.17) is 12.7 Å². The van der Waals surface area contributed by atoms with Gasteiger partial charge >= 0.3 is 0 Å². The van der Waals surface area contributed by atoms with Crippen LogP contribution in [0.25, 0.3) is 0 Å². The van der Waals surface area contributed by atoms with Gasteiger partial charge in [0, 0.05) is 14.3 Å². The number of allylic oxidation sites excluding steroid dienone is 1. The molecule has 0 aromatic carbocycles. The van der Waals surface area contributed by atoms with Crippen LogP contribution in [-0.2, 0) is 4.43 Å². The molecule has 0 spiro atoms. The predicted molar refractivity (Wildman–Crippen MR) is 120 cm³/mol. The third-order valence-corrected chi connectivity index (χ3v) is 12.3. The zero-order valence-corrected chi connectivity index (χ0v) is 19.5. The van der Waals surface area contributed by atoms with Gasteiger partial charge in [0.15, 0.2) is 8.32 Å². The molecule has 158 valence electrons. The highest BCUT2D eigenvalue weighted by atomic mass is 28.4. The third kappa shape index (κ3) is 5.28. The average molecular weight is 401 g/mol. The lowest BCUT2D eigenvalue weighted by Gasteiger charge is -2.49. The van der Waals surface area contributed by atoms with Crippen LogP contribution in [0.1, 0.15) is 101 Å². The Bertz CT molecular complexity index is 695. The van der Waals surface area contributed by atoms with Crippen LogP contribution in [0, 0.1) is 17.3 Å². The molecule has 0 bridgehead atoms. The molecule has 2 rings (SSSR count). The van der Waals surface area contributed by atoms with E-state index in [0.717, 1.165) is 37.7 Å². The summed E-state index contributed by atoms with van der Waals surface area (Å²) in [5.74, 6) is 0.811. The highest BCUT2D eigenvalue weighted by Gasteiger charge is 2.53. The van der Waals surface area contributed by atoms with Gasteiger partial charge in [0.2, 0.25) is 0 Å². The lowest BCUT2D eigenvalue weighted by atomic mass is 9.62. The first-order chi connectivity index (χ1) is 14.7. The Morgan fingerprint density at radius 3 is 2.52 bits per heavy atom. The number of rotatable bonds is 7. The van der Waals surface area contributed by atoms with Crippen LogP contribution in [0.2, 0.25) is 18.1 Å². The topological polar surface area (TPSA) is 29.5 Å². The van der Waals surface area contributed by atoms with Crippen LogP contribution in [0.3, 0.4) is 0 Å². The van der Waals surface area contributed by atoms with Crippen LogP contribution in [0.4, 0.5) is 0 Å². The molecule has 2 fully saturated rings. The van der Waals surface area contributed by atoms with Gasteiger partial charge in [-0.05, 0) is 94.0 Å². The molecule has 2 aliphatic carbocycles. The summed E-state index contributed by atoms with van der Waals surface area (Å²) < 4.78 is 52.3. The molecule has 2 nitrogen and oxygen atoms in total. The van der Waals surface area contributed by atoms with Crippen molar-refractivity contribution >= 4 is 8.32 Å². The predicted octanol–water partition coefficient (Wildman–Crippen LogP) is 7.09. The molecule has 4 atom stereocenters. The molecule has 0 radical (unpaired) electrons. The third-order valence-electron chi connectivity index (χ3n) is 7.84. The van der Waals surface area contributed by atoms with E-state index in [1.54, 1.807) is 0 Å². The summed E-state index contributed by atoms with van der Waals surface area (Å²) >= 11 is 0. The van der Waals surface area contributed by atoms with Crippen molar-refractivity contribution in [2.45, 2.75) is 123 Å². The molecule has 3 heteroatoms. The SMILES string of the molecule is [2H]C([2H])([2H])C(O)(CCCC(=C)[C@H]1CC[C@H]2[C@@H](O[Si](C)(C)C(C)(C)C)CCC[C@]12C)C([2H])([2H])[2H]. The lowest BCUT2D eigenvalue weighted by Crippen LogP contribution is -2.49. The number of hydrogen-bond acceptors (Lipinski definition) is 2. The molecule has 0 saturated heterocycles. The van der Waals surface area contributed by atoms with E-state index in [9.17, 15) is 5.11 Å². The zero-order chi connectivity index (χ0) is 25.7. The Morgan fingerprint density at radius 1 is 1.26 bits per heavy atom. The van der Waals surface area contributed by atoms with E-state index in [1.807, 2.05) is 0 Å². The Hall–Kier alpha value is -0.123. The molecule has 2 saturated carbocycles. The van der Waals surface area contributed by atoms with Crippen LogP contribution in [0.15, 0.2) is 12.2 Å². The van der Waals surface area contributed by atoms with Crippen molar-refractivity contribution in [3.05, 3.63) is 12.2 Å². The monoisotopic (exact) mass is 400 g/mol. The van der Waals surface area contributed by atoms with Crippen molar-refractivity contribution in [3.8, 4) is 0 Å². The van der Waals surface area contributed by atoms with E-state index in [1.165, 1.54) is 0 Å². The highest BCUT2D eigenvalue weighted by molar-refractivity contribution is 6.74. The normalized spacial score (nSPS) is 36.6. The summed E-state index contributed by atoms with van der Waals surface area (Å²) in [7, 11) is -1.87. The maximum absolute atomic E-state index is 10.5. The molecular formula is C24H46O2Si. The summed E-state index contributed by atoms with van der Waals surface area (Å²) in [4.78, 5) is 0. The van der Waals surface area contributed by atoms with Crippen molar-refractivity contribution in [1.82, 2.24) is 0 Å². The van der Waals surface area contributed by atoms with E-state index >= 15 is 0 Å². The summed E-state index contributed by atoms with van der Waals surface area (Å²) in [5, 5.41) is 10.7. The van der Waals surface area contributed by atoms with E-state index < -0.39 is 27.6 Å². The fourth-order valence-corrected chi connectivity index (χ4v) is 6.62. The van der Waals surface area contributed by atoms with Gasteiger partial charge in [-0.1, -0.05) is 46.3 Å². The molecule has 0 amide bonds. The first-order valence-electron chi connectivity index (χ1n) is 13.8. The zero-order valence-electron chi connectivity index (χ0n) is 24.5. The minimum atomic E-state index is -2.96. The molecule has 27 heavy (non-hydrogen) atoms. The molecule has 0 aromatic heterocycles. The van der Waals surface area contributed by atoms with E-state index in [2.05, 4.69) is 47.4 Å². The second kappa shape index (κ2) is 7.95. The van der Waals surface area contributed by atoms with Gasteiger partial charge in [-0.25, -0.2) is 0 Å². The van der Waals surface area contributed by atoms with Gasteiger partial charge in [-0.3, -0.25) is 0 Å². The minimum Gasteiger partial charge on any atom is -0.414 e. The van der Waals surface area contributed by atoms with Gasteiger partial charge in [-0.15, -0.1) is 0 Å². The van der Waals surface area contributed by atoms with Gasteiger partial charge in [0.1, 0.15) is 0 Å². The first-order valence-corrected chi connectivity index (χ1v) is 13.7. The lowest BCUT2D eigenvalue weighted by molar-refractivity contribution is -0.00398. The fourth-order valence-electron chi connectivity index (χ4n) is 5.23. The Labute approximate surface area is 178 Å². The fraction of sp³-hybridized carbons (Fsp3) is 0.917. The molecular weight excluding hydrogens is 348 g/mol. The van der Waals surface area contributed by atoms with Crippen molar-refractivity contribution in [3.63, 3.8) is 0 Å². The minimum absolute atomic E-state index is 0.104. The summed E-state index contributed by atoms with van der Waals surface area (Å²) in [5.41, 5.74) is -1.52. The Balaban J connectivity index is 2.08. The largest absolute Gasteiger partial charge is 0.414 e. The van der Waals surface area contributed by atoms with E-state index in [-0.39, 0.29) is 23.0 Å². The smallest absolute Gasteiger partial charge is 0.192 e. The second-order valence-electron chi connectivity index (χ2n) is 10.9. The van der Waals surface area contributed by atoms with Crippen LogP contribution in [-0.4, -0.2) is 25.1 Å². The molecule has 0 aliphatic heterocycles. The van der Waals surface area contributed by atoms with Crippen molar-refractivity contribution in [1.29, 1.82) is 0 Å². The molecule has 0 aromatic rings. The number of fused-ring (bicyclic) bond motifs is 1. The Morgan fingerprint density at radius 2 is 1.93 bits per heavy atom. The average Bonchev–Trinajstić information content (AvgIpc) is 2.96. The van der Waals surface area contributed by atoms with Crippen molar-refractivity contribution in [2.24, 2.45) is 17.3 Å². The molecule has 2 aliphatic rings. The molecule has 1 N–H and O–H groups in total. The maximum atomic E-state index is 10.5. The van der Waals surface area contributed by atoms with E-state index in [0.29, 0.717) is 24.7 Å². The summed E-state index contributed by atoms with van der Waals surface area (Å²) in [6.45, 7) is 12.3. The van der Waals surface area contributed by atoms with Gasteiger partial charge in [0.05, 0.1) is 5.60 Å². The number of aliphatic hydroxyl groups is 1. The number of hydrogen-bond donors (Lipinski definition) is 1. The van der Waals surface area contributed by atoms with Gasteiger partial charge < -0.3 is 9.53 Å². The van der Waals surface area contributed by atoms with Crippen LogP contribution < -0.4 is 0 Å². The summed E-state index contributed by atoms with van der Waals surface area (Å²) in [6.07, 6.45) is 6.34. The molecule has 0 heterocycles. The Kier molecular flexibility index (Phi) is 4.62.